The van der Waals surface area contributed by atoms with E-state index in [0.29, 0.717) is 0 Å². The van der Waals surface area contributed by atoms with E-state index >= 15 is 0 Å². The van der Waals surface area contributed by atoms with Gasteiger partial charge in [0.05, 0.1) is 6.33 Å². The second-order valence-corrected chi connectivity index (χ2v) is 4.60. The molecule has 86 valence electrons. The van der Waals surface area contributed by atoms with Crippen LogP contribution >= 0.6 is 11.3 Å². The Hall–Kier alpha value is -1.13. The van der Waals surface area contributed by atoms with E-state index in [1.165, 1.54) is 18.4 Å². The van der Waals surface area contributed by atoms with Crippen LogP contribution in [-0.4, -0.2) is 16.1 Å². The Morgan fingerprint density at radius 1 is 1.38 bits per heavy atom. The summed E-state index contributed by atoms with van der Waals surface area (Å²) in [5, 5.41) is 7.76. The summed E-state index contributed by atoms with van der Waals surface area (Å²) < 4.78 is 2.12. The minimum atomic E-state index is 0.995. The largest absolute Gasteiger partial charge is 0.337 e. The van der Waals surface area contributed by atoms with Crippen LogP contribution in [0.2, 0.25) is 0 Å². The van der Waals surface area contributed by atoms with E-state index in [4.69, 9.17) is 0 Å². The summed E-state index contributed by atoms with van der Waals surface area (Å²) in [6.45, 7) is 3.15. The van der Waals surface area contributed by atoms with Crippen LogP contribution in [-0.2, 0) is 13.1 Å². The minimum Gasteiger partial charge on any atom is -0.337 e. The average Bonchev–Trinajstić information content (AvgIpc) is 2.96. The van der Waals surface area contributed by atoms with Crippen LogP contribution in [0, 0.1) is 0 Å². The fourth-order valence-corrected chi connectivity index (χ4v) is 2.26. The number of aryl methyl sites for hydroxylation is 1. The lowest BCUT2D eigenvalue weighted by Crippen LogP contribution is -2.14. The van der Waals surface area contributed by atoms with E-state index in [-0.39, 0.29) is 0 Å². The molecule has 16 heavy (non-hydrogen) atoms. The van der Waals surface area contributed by atoms with E-state index in [1.807, 2.05) is 18.7 Å². The number of hydrogen-bond donors (Lipinski definition) is 1. The number of nitrogens with one attached hydrogen (secondary N) is 1. The van der Waals surface area contributed by atoms with Gasteiger partial charge < -0.3 is 9.88 Å². The van der Waals surface area contributed by atoms with Crippen LogP contribution in [0.3, 0.4) is 0 Å². The highest BCUT2D eigenvalue weighted by Gasteiger charge is 1.93. The van der Waals surface area contributed by atoms with Crippen molar-refractivity contribution < 1.29 is 0 Å². The molecule has 0 aromatic carbocycles. The van der Waals surface area contributed by atoms with Crippen molar-refractivity contribution >= 4 is 11.3 Å². The van der Waals surface area contributed by atoms with Gasteiger partial charge in [-0.25, -0.2) is 4.98 Å². The van der Waals surface area contributed by atoms with Crippen molar-refractivity contribution in [1.82, 2.24) is 14.9 Å². The van der Waals surface area contributed by atoms with E-state index < -0.39 is 0 Å². The lowest BCUT2D eigenvalue weighted by atomic mass is 10.3. The van der Waals surface area contributed by atoms with Crippen LogP contribution in [0.25, 0.3) is 0 Å². The normalized spacial score (nSPS) is 10.8. The molecule has 0 saturated carbocycles. The quantitative estimate of drug-likeness (QED) is 0.747. The number of unbranched alkanes of at least 4 members (excludes halogenated alkanes) is 1. The third-order valence-corrected chi connectivity index (χ3v) is 3.22. The van der Waals surface area contributed by atoms with Crippen molar-refractivity contribution in [3.05, 3.63) is 41.1 Å². The highest BCUT2D eigenvalue weighted by Crippen LogP contribution is 2.04. The molecule has 2 aromatic heterocycles. The van der Waals surface area contributed by atoms with Gasteiger partial charge in [-0.15, -0.1) is 0 Å². The van der Waals surface area contributed by atoms with Gasteiger partial charge in [-0.05, 0) is 41.8 Å². The molecular formula is C12H17N3S. The van der Waals surface area contributed by atoms with Gasteiger partial charge in [0.2, 0.25) is 0 Å². The van der Waals surface area contributed by atoms with Crippen molar-refractivity contribution in [2.45, 2.75) is 25.9 Å². The fourth-order valence-electron chi connectivity index (χ4n) is 1.59. The lowest BCUT2D eigenvalue weighted by Gasteiger charge is -2.04. The molecule has 0 saturated heterocycles. The summed E-state index contributed by atoms with van der Waals surface area (Å²) in [5.74, 6) is 0. The van der Waals surface area contributed by atoms with Gasteiger partial charge in [-0.1, -0.05) is 0 Å². The van der Waals surface area contributed by atoms with Crippen LogP contribution in [0.1, 0.15) is 18.4 Å². The highest BCUT2D eigenvalue weighted by molar-refractivity contribution is 7.07. The molecule has 0 unspecified atom stereocenters. The molecule has 3 nitrogen and oxygen atoms in total. The first-order chi connectivity index (χ1) is 7.95. The zero-order chi connectivity index (χ0) is 11.1. The molecule has 0 aliphatic heterocycles. The van der Waals surface area contributed by atoms with Gasteiger partial charge in [0.25, 0.3) is 0 Å². The standard InChI is InChI=1S/C12H17N3S/c1(2-6-15-7-5-14-11-15)4-13-9-12-3-8-16-10-12/h3,5,7-8,10-11,13H,1-2,4,6,9H2. The third kappa shape index (κ3) is 3.79. The predicted molar refractivity (Wildman–Crippen MR) is 67.5 cm³/mol. The molecule has 0 spiro atoms. The maximum absolute atomic E-state index is 4.02. The maximum Gasteiger partial charge on any atom is 0.0945 e. The Morgan fingerprint density at radius 3 is 3.12 bits per heavy atom. The van der Waals surface area contributed by atoms with Crippen molar-refractivity contribution in [3.8, 4) is 0 Å². The van der Waals surface area contributed by atoms with Crippen LogP contribution < -0.4 is 5.32 Å². The van der Waals surface area contributed by atoms with E-state index in [0.717, 1.165) is 19.6 Å². The summed E-state index contributed by atoms with van der Waals surface area (Å²) in [7, 11) is 0. The molecule has 2 rings (SSSR count). The molecule has 0 bridgehead atoms. The van der Waals surface area contributed by atoms with Gasteiger partial charge in [-0.2, -0.15) is 11.3 Å². The zero-order valence-electron chi connectivity index (χ0n) is 9.30. The Morgan fingerprint density at radius 2 is 2.38 bits per heavy atom. The Kier molecular flexibility index (Phi) is 4.58. The highest BCUT2D eigenvalue weighted by atomic mass is 32.1. The number of hydrogen-bond acceptors (Lipinski definition) is 3. The second kappa shape index (κ2) is 6.45. The molecule has 0 amide bonds. The first-order valence-corrected chi connectivity index (χ1v) is 6.57. The van der Waals surface area contributed by atoms with Crippen LogP contribution in [0.15, 0.2) is 35.5 Å². The Labute approximate surface area is 100 Å². The summed E-state index contributed by atoms with van der Waals surface area (Å²) in [4.78, 5) is 4.02. The van der Waals surface area contributed by atoms with E-state index in [1.54, 1.807) is 11.3 Å². The van der Waals surface area contributed by atoms with Crippen molar-refractivity contribution in [2.75, 3.05) is 6.54 Å². The molecule has 2 aromatic rings. The number of rotatable bonds is 7. The minimum absolute atomic E-state index is 0.995. The maximum atomic E-state index is 4.02. The summed E-state index contributed by atoms with van der Waals surface area (Å²) >= 11 is 1.76. The first-order valence-electron chi connectivity index (χ1n) is 5.63. The summed E-state index contributed by atoms with van der Waals surface area (Å²) in [6, 6.07) is 2.17. The van der Waals surface area contributed by atoms with Gasteiger partial charge in [0.1, 0.15) is 0 Å². The van der Waals surface area contributed by atoms with Crippen LogP contribution in [0.4, 0.5) is 0 Å². The van der Waals surface area contributed by atoms with Gasteiger partial charge >= 0.3 is 0 Å². The number of imidazole rings is 1. The molecule has 4 heteroatoms. The SMILES string of the molecule is c1cn(CCCCNCc2ccsc2)cn1. The Bertz CT molecular complexity index is 329. The zero-order valence-corrected chi connectivity index (χ0v) is 10.1. The predicted octanol–water partition coefficient (Wildman–Crippen LogP) is 2.51. The third-order valence-electron chi connectivity index (χ3n) is 2.49. The fraction of sp³-hybridized carbons (Fsp3) is 0.417. The van der Waals surface area contributed by atoms with Gasteiger partial charge in [0.15, 0.2) is 0 Å². The molecule has 0 fully saturated rings. The van der Waals surface area contributed by atoms with E-state index in [9.17, 15) is 0 Å². The first kappa shape index (κ1) is 11.4. The van der Waals surface area contributed by atoms with E-state index in [2.05, 4.69) is 31.7 Å². The summed E-state index contributed by atoms with van der Waals surface area (Å²) in [6.07, 6.45) is 8.13. The van der Waals surface area contributed by atoms with Crippen molar-refractivity contribution in [3.63, 3.8) is 0 Å². The van der Waals surface area contributed by atoms with Crippen molar-refractivity contribution in [2.24, 2.45) is 0 Å². The summed E-state index contributed by atoms with van der Waals surface area (Å²) in [5.41, 5.74) is 1.39. The number of nitrogens with zero attached hydrogens (tertiary/aromatic N) is 2. The van der Waals surface area contributed by atoms with Crippen LogP contribution in [0.5, 0.6) is 0 Å². The molecule has 0 atom stereocenters. The number of aromatic nitrogens is 2. The Balaban J connectivity index is 1.49. The molecule has 1 N–H and O–H groups in total. The smallest absolute Gasteiger partial charge is 0.0945 e. The average molecular weight is 235 g/mol. The molecular weight excluding hydrogens is 218 g/mol. The lowest BCUT2D eigenvalue weighted by molar-refractivity contribution is 0.568. The van der Waals surface area contributed by atoms with Gasteiger partial charge in [0, 0.05) is 25.5 Å². The number of thiophene rings is 1. The molecule has 0 radical (unpaired) electrons. The van der Waals surface area contributed by atoms with Gasteiger partial charge in [-0.3, -0.25) is 0 Å². The van der Waals surface area contributed by atoms with Crippen molar-refractivity contribution in [1.29, 1.82) is 0 Å². The second-order valence-electron chi connectivity index (χ2n) is 3.82. The molecule has 0 aliphatic rings. The monoisotopic (exact) mass is 235 g/mol. The molecule has 0 aliphatic carbocycles. The topological polar surface area (TPSA) is 29.9 Å². The molecule has 2 heterocycles.